The number of hydrogen-bond acceptors (Lipinski definition) is 4. The third kappa shape index (κ3) is 2.55. The molecule has 0 saturated heterocycles. The van der Waals surface area contributed by atoms with Crippen LogP contribution in [0.5, 0.6) is 0 Å². The Morgan fingerprint density at radius 1 is 1.47 bits per heavy atom. The van der Waals surface area contributed by atoms with E-state index in [9.17, 15) is 8.42 Å². The average molecular weight is 277 g/mol. The van der Waals surface area contributed by atoms with Gasteiger partial charge in [0.1, 0.15) is 4.90 Å². The number of nitrogens with two attached hydrogens (primary N) is 1. The molecule has 0 atom stereocenters. The molecule has 2 rings (SSSR count). The molecular weight excluding hydrogens is 264 g/mol. The number of aliphatic hydroxyl groups excluding tert-OH is 1. The van der Waals surface area contributed by atoms with Crippen LogP contribution in [0.3, 0.4) is 0 Å². The summed E-state index contributed by atoms with van der Waals surface area (Å²) >= 11 is 5.84. The van der Waals surface area contributed by atoms with Gasteiger partial charge < -0.3 is 10.8 Å². The molecule has 1 aliphatic carbocycles. The molecule has 0 aliphatic heterocycles. The van der Waals surface area contributed by atoms with E-state index >= 15 is 0 Å². The smallest absolute Gasteiger partial charge is 0.242 e. The Bertz CT molecular complexity index is 540. The topological polar surface area (TPSA) is 92.4 Å². The minimum atomic E-state index is -3.71. The summed E-state index contributed by atoms with van der Waals surface area (Å²) in [6.45, 7) is -0.210. The summed E-state index contributed by atoms with van der Waals surface area (Å²) in [7, 11) is -3.71. The van der Waals surface area contributed by atoms with E-state index in [4.69, 9.17) is 22.4 Å². The maximum absolute atomic E-state index is 12.0. The maximum Gasteiger partial charge on any atom is 0.242 e. The first-order valence-corrected chi connectivity index (χ1v) is 6.95. The van der Waals surface area contributed by atoms with Crippen molar-refractivity contribution in [1.82, 2.24) is 4.72 Å². The normalized spacial score (nSPS) is 18.0. The first-order chi connectivity index (χ1) is 7.88. The van der Waals surface area contributed by atoms with Crippen molar-refractivity contribution in [1.29, 1.82) is 0 Å². The molecule has 1 saturated carbocycles. The second kappa shape index (κ2) is 4.13. The summed E-state index contributed by atoms with van der Waals surface area (Å²) in [6, 6.07) is 4.21. The molecule has 0 spiro atoms. The summed E-state index contributed by atoms with van der Waals surface area (Å²) in [6.07, 6.45) is 1.27. The first-order valence-electron chi connectivity index (χ1n) is 5.08. The molecule has 0 amide bonds. The van der Waals surface area contributed by atoms with Gasteiger partial charge in [-0.3, -0.25) is 0 Å². The molecule has 1 fully saturated rings. The maximum atomic E-state index is 12.0. The van der Waals surface area contributed by atoms with E-state index in [2.05, 4.69) is 4.72 Å². The predicted octanol–water partition coefficient (Wildman–Crippen LogP) is 0.725. The Labute approximate surface area is 105 Å². The van der Waals surface area contributed by atoms with Crippen molar-refractivity contribution >= 4 is 27.3 Å². The molecule has 1 aromatic carbocycles. The Hall–Kier alpha value is -0.820. The Morgan fingerprint density at radius 2 is 2.12 bits per heavy atom. The highest BCUT2D eigenvalue weighted by atomic mass is 35.5. The van der Waals surface area contributed by atoms with Crippen LogP contribution in [0.15, 0.2) is 23.1 Å². The molecular formula is C10H13ClN2O3S. The molecule has 5 nitrogen and oxygen atoms in total. The lowest BCUT2D eigenvalue weighted by Crippen LogP contribution is -2.39. The van der Waals surface area contributed by atoms with Crippen LogP contribution in [0.25, 0.3) is 0 Å². The minimum absolute atomic E-state index is 0.0203. The Morgan fingerprint density at radius 3 is 2.59 bits per heavy atom. The number of benzene rings is 1. The van der Waals surface area contributed by atoms with Crippen molar-refractivity contribution in [3.8, 4) is 0 Å². The van der Waals surface area contributed by atoms with Crippen LogP contribution in [0.1, 0.15) is 12.8 Å². The number of nitrogen functional groups attached to an aromatic ring is 1. The lowest BCUT2D eigenvalue weighted by Gasteiger charge is -2.15. The summed E-state index contributed by atoms with van der Waals surface area (Å²) in [5.41, 5.74) is 5.19. The molecule has 4 N–H and O–H groups in total. The fourth-order valence-corrected chi connectivity index (χ4v) is 3.52. The van der Waals surface area contributed by atoms with Gasteiger partial charge in [0, 0.05) is 5.69 Å². The molecule has 94 valence electrons. The third-order valence-electron chi connectivity index (χ3n) is 2.75. The zero-order valence-corrected chi connectivity index (χ0v) is 10.6. The highest BCUT2D eigenvalue weighted by Crippen LogP contribution is 2.37. The van der Waals surface area contributed by atoms with Gasteiger partial charge in [0.25, 0.3) is 0 Å². The summed E-state index contributed by atoms with van der Waals surface area (Å²) < 4.78 is 26.5. The molecule has 0 unspecified atom stereocenters. The van der Waals surface area contributed by atoms with Gasteiger partial charge in [-0.05, 0) is 31.0 Å². The zero-order chi connectivity index (χ0) is 12.7. The van der Waals surface area contributed by atoms with Gasteiger partial charge in [0.05, 0.1) is 17.2 Å². The Balaban J connectivity index is 2.32. The molecule has 7 heteroatoms. The van der Waals surface area contributed by atoms with E-state index in [-0.39, 0.29) is 16.5 Å². The van der Waals surface area contributed by atoms with Gasteiger partial charge in [-0.2, -0.15) is 0 Å². The number of hydrogen-bond donors (Lipinski definition) is 3. The van der Waals surface area contributed by atoms with E-state index in [1.54, 1.807) is 0 Å². The van der Waals surface area contributed by atoms with Crippen molar-refractivity contribution in [3.63, 3.8) is 0 Å². The number of halogens is 1. The highest BCUT2D eigenvalue weighted by molar-refractivity contribution is 7.89. The molecule has 0 bridgehead atoms. The van der Waals surface area contributed by atoms with Crippen LogP contribution in [-0.4, -0.2) is 25.7 Å². The van der Waals surface area contributed by atoms with Gasteiger partial charge >= 0.3 is 0 Å². The van der Waals surface area contributed by atoms with E-state index in [0.717, 1.165) is 0 Å². The molecule has 1 aliphatic rings. The van der Waals surface area contributed by atoms with Crippen molar-refractivity contribution in [3.05, 3.63) is 23.2 Å². The van der Waals surface area contributed by atoms with Crippen LogP contribution in [0.2, 0.25) is 5.02 Å². The second-order valence-corrected chi connectivity index (χ2v) is 6.29. The van der Waals surface area contributed by atoms with Crippen LogP contribution in [0, 0.1) is 0 Å². The third-order valence-corrected chi connectivity index (χ3v) is 4.81. The lowest BCUT2D eigenvalue weighted by atomic mass is 10.3. The van der Waals surface area contributed by atoms with E-state index in [1.165, 1.54) is 18.2 Å². The quantitative estimate of drug-likeness (QED) is 0.707. The minimum Gasteiger partial charge on any atom is -0.399 e. The standard InChI is InChI=1S/C10H13ClN2O3S/c11-8-5-7(12)1-2-9(8)17(15,16)13-10(6-14)3-4-10/h1-2,5,13-14H,3-4,6,12H2. The Kier molecular flexibility index (Phi) is 3.07. The van der Waals surface area contributed by atoms with Crippen LogP contribution in [0.4, 0.5) is 5.69 Å². The van der Waals surface area contributed by atoms with E-state index in [1.807, 2.05) is 0 Å². The number of aliphatic hydroxyl groups is 1. The summed E-state index contributed by atoms with van der Waals surface area (Å²) in [5.74, 6) is 0. The molecule has 17 heavy (non-hydrogen) atoms. The van der Waals surface area contributed by atoms with Gasteiger partial charge in [0.15, 0.2) is 0 Å². The van der Waals surface area contributed by atoms with Gasteiger partial charge in [-0.15, -0.1) is 0 Å². The number of sulfonamides is 1. The van der Waals surface area contributed by atoms with Crippen LogP contribution < -0.4 is 10.5 Å². The number of nitrogens with one attached hydrogen (secondary N) is 1. The molecule has 0 aromatic heterocycles. The van der Waals surface area contributed by atoms with E-state index in [0.29, 0.717) is 18.5 Å². The lowest BCUT2D eigenvalue weighted by molar-refractivity contribution is 0.246. The van der Waals surface area contributed by atoms with Crippen molar-refractivity contribution < 1.29 is 13.5 Å². The molecule has 0 radical (unpaired) electrons. The van der Waals surface area contributed by atoms with Crippen molar-refractivity contribution in [2.75, 3.05) is 12.3 Å². The summed E-state index contributed by atoms with van der Waals surface area (Å²) in [5, 5.41) is 9.18. The average Bonchev–Trinajstić information content (AvgIpc) is 2.97. The number of anilines is 1. The predicted molar refractivity (Wildman–Crippen MR) is 65.2 cm³/mol. The van der Waals surface area contributed by atoms with Gasteiger partial charge in [0.2, 0.25) is 10.0 Å². The first kappa shape index (κ1) is 12.6. The van der Waals surface area contributed by atoms with Crippen LogP contribution >= 0.6 is 11.6 Å². The van der Waals surface area contributed by atoms with Crippen molar-refractivity contribution in [2.24, 2.45) is 0 Å². The van der Waals surface area contributed by atoms with Crippen LogP contribution in [-0.2, 0) is 10.0 Å². The fourth-order valence-electron chi connectivity index (χ4n) is 1.52. The SMILES string of the molecule is Nc1ccc(S(=O)(=O)NC2(CO)CC2)c(Cl)c1. The van der Waals surface area contributed by atoms with Gasteiger partial charge in [-0.25, -0.2) is 13.1 Å². The number of rotatable bonds is 4. The highest BCUT2D eigenvalue weighted by Gasteiger charge is 2.45. The zero-order valence-electron chi connectivity index (χ0n) is 8.98. The molecule has 0 heterocycles. The monoisotopic (exact) mass is 276 g/mol. The van der Waals surface area contributed by atoms with E-state index < -0.39 is 15.6 Å². The largest absolute Gasteiger partial charge is 0.399 e. The fraction of sp³-hybridized carbons (Fsp3) is 0.400. The summed E-state index contributed by atoms with van der Waals surface area (Å²) in [4.78, 5) is -0.0203. The molecule has 1 aromatic rings. The second-order valence-electron chi connectivity index (χ2n) is 4.23. The van der Waals surface area contributed by atoms with Crippen molar-refractivity contribution in [2.45, 2.75) is 23.3 Å². The van der Waals surface area contributed by atoms with Gasteiger partial charge in [-0.1, -0.05) is 11.6 Å².